The minimum Gasteiger partial charge on any atom is -0.431 e. The van der Waals surface area contributed by atoms with Crippen LogP contribution in [0.15, 0.2) is 67.3 Å². The number of aryl methyl sites for hydroxylation is 1. The number of hydrogen-bond donors (Lipinski definition) is 2. The summed E-state index contributed by atoms with van der Waals surface area (Å²) in [5, 5.41) is 3.12. The lowest BCUT2D eigenvalue weighted by Crippen LogP contribution is -2.32. The molecule has 0 aliphatic carbocycles. The van der Waals surface area contributed by atoms with E-state index in [0.29, 0.717) is 42.5 Å². The molecule has 4 rings (SSSR count). The Bertz CT molecular complexity index is 1350. The lowest BCUT2D eigenvalue weighted by atomic mass is 10.1. The molecule has 1 unspecified atom stereocenters. The molecule has 196 valence electrons. The number of aromatic nitrogens is 4. The van der Waals surface area contributed by atoms with Gasteiger partial charge in [0.15, 0.2) is 11.5 Å². The number of imidazole rings is 1. The van der Waals surface area contributed by atoms with E-state index in [1.807, 2.05) is 54.8 Å². The average molecular weight is 525 g/mol. The number of anilines is 1. The third-order valence-corrected chi connectivity index (χ3v) is 7.54. The zero-order valence-corrected chi connectivity index (χ0v) is 22.2. The molecule has 3 atom stereocenters. The SMILES string of the molecule is Cc1ccccc1COC[C@H](C)NP(=O)(CO[C@H](C)Cn1cnc2c(N)ncnc21)Oc1ccccc1. The number of rotatable bonds is 13. The molecule has 0 fully saturated rings. The number of nitrogens with two attached hydrogens (primary N) is 1. The molecule has 37 heavy (non-hydrogen) atoms. The van der Waals surface area contributed by atoms with E-state index in [2.05, 4.69) is 33.0 Å². The molecule has 2 heterocycles. The van der Waals surface area contributed by atoms with Crippen LogP contribution in [0.4, 0.5) is 5.82 Å². The fourth-order valence-corrected chi connectivity index (χ4v) is 5.66. The van der Waals surface area contributed by atoms with Crippen LogP contribution in [0.3, 0.4) is 0 Å². The lowest BCUT2D eigenvalue weighted by molar-refractivity contribution is 0.0799. The molecule has 0 saturated heterocycles. The molecule has 3 N–H and O–H groups in total. The van der Waals surface area contributed by atoms with Crippen LogP contribution in [-0.2, 0) is 27.2 Å². The van der Waals surface area contributed by atoms with Crippen LogP contribution in [0.5, 0.6) is 5.75 Å². The smallest absolute Gasteiger partial charge is 0.342 e. The van der Waals surface area contributed by atoms with Gasteiger partial charge in [0.25, 0.3) is 0 Å². The predicted octanol–water partition coefficient (Wildman–Crippen LogP) is 4.55. The molecule has 10 nitrogen and oxygen atoms in total. The van der Waals surface area contributed by atoms with Crippen LogP contribution in [0.1, 0.15) is 25.0 Å². The summed E-state index contributed by atoms with van der Waals surface area (Å²) in [5.41, 5.74) is 9.32. The minimum absolute atomic E-state index is 0.130. The van der Waals surface area contributed by atoms with Gasteiger partial charge in [-0.3, -0.25) is 4.57 Å². The number of hydrogen-bond acceptors (Lipinski definition) is 8. The molecule has 2 aromatic carbocycles. The topological polar surface area (TPSA) is 126 Å². The molecule has 2 aromatic heterocycles. The summed E-state index contributed by atoms with van der Waals surface area (Å²) in [5.74, 6) is 0.816. The summed E-state index contributed by atoms with van der Waals surface area (Å²) in [6, 6.07) is 16.9. The number of nitrogens with zero attached hydrogens (tertiary/aromatic N) is 4. The van der Waals surface area contributed by atoms with Crippen molar-refractivity contribution in [3.05, 3.63) is 78.4 Å². The molecule has 0 amide bonds. The van der Waals surface area contributed by atoms with Gasteiger partial charge in [0.1, 0.15) is 23.9 Å². The number of nitrogens with one attached hydrogen (secondary N) is 1. The predicted molar refractivity (Wildman–Crippen MR) is 143 cm³/mol. The third-order valence-electron chi connectivity index (χ3n) is 5.71. The van der Waals surface area contributed by atoms with Crippen LogP contribution in [-0.4, -0.2) is 44.6 Å². The van der Waals surface area contributed by atoms with Gasteiger partial charge in [-0.1, -0.05) is 42.5 Å². The van der Waals surface area contributed by atoms with Crippen LogP contribution in [0.25, 0.3) is 11.2 Å². The Hall–Kier alpha value is -3.30. The number of nitrogen functional groups attached to an aromatic ring is 1. The molecule has 0 aliphatic heterocycles. The van der Waals surface area contributed by atoms with Crippen molar-refractivity contribution in [2.24, 2.45) is 0 Å². The molecule has 0 saturated carbocycles. The Morgan fingerprint density at radius 3 is 2.59 bits per heavy atom. The van der Waals surface area contributed by atoms with Gasteiger partial charge in [-0.2, -0.15) is 0 Å². The van der Waals surface area contributed by atoms with Gasteiger partial charge in [-0.05, 0) is 44.0 Å². The van der Waals surface area contributed by atoms with E-state index in [1.54, 1.807) is 18.5 Å². The molecule has 11 heteroatoms. The highest BCUT2D eigenvalue weighted by atomic mass is 31.2. The van der Waals surface area contributed by atoms with Crippen molar-refractivity contribution in [3.8, 4) is 5.75 Å². The molecule has 4 aromatic rings. The first-order valence-electron chi connectivity index (χ1n) is 12.1. The quantitative estimate of drug-likeness (QED) is 0.242. The maximum Gasteiger partial charge on any atom is 0.342 e. The Balaban J connectivity index is 1.37. The zero-order valence-electron chi connectivity index (χ0n) is 21.3. The number of fused-ring (bicyclic) bond motifs is 1. The van der Waals surface area contributed by atoms with Crippen LogP contribution in [0, 0.1) is 6.92 Å². The molecule has 0 radical (unpaired) electrons. The molecule has 0 bridgehead atoms. The molecular formula is C26H33N6O4P. The van der Waals surface area contributed by atoms with Crippen LogP contribution < -0.4 is 15.3 Å². The number of ether oxygens (including phenoxy) is 2. The second-order valence-electron chi connectivity index (χ2n) is 8.98. The highest BCUT2D eigenvalue weighted by Gasteiger charge is 2.29. The van der Waals surface area contributed by atoms with Gasteiger partial charge in [0.05, 0.1) is 32.2 Å². The number of benzene rings is 2. The first-order valence-corrected chi connectivity index (χ1v) is 13.9. The molecule has 0 aliphatic rings. The summed E-state index contributed by atoms with van der Waals surface area (Å²) < 4.78 is 33.5. The molecule has 0 spiro atoms. The Morgan fingerprint density at radius 2 is 1.81 bits per heavy atom. The van der Waals surface area contributed by atoms with E-state index in [-0.39, 0.29) is 18.5 Å². The second kappa shape index (κ2) is 12.3. The van der Waals surface area contributed by atoms with Crippen molar-refractivity contribution in [1.29, 1.82) is 0 Å². The largest absolute Gasteiger partial charge is 0.431 e. The van der Waals surface area contributed by atoms with Crippen molar-refractivity contribution < 1.29 is 18.6 Å². The van der Waals surface area contributed by atoms with E-state index in [4.69, 9.17) is 19.7 Å². The van der Waals surface area contributed by atoms with Crippen molar-refractivity contribution in [3.63, 3.8) is 0 Å². The Labute approximate surface area is 216 Å². The summed E-state index contributed by atoms with van der Waals surface area (Å²) in [4.78, 5) is 12.5. The van der Waals surface area contributed by atoms with E-state index >= 15 is 0 Å². The summed E-state index contributed by atoms with van der Waals surface area (Å²) in [6.45, 7) is 7.11. The van der Waals surface area contributed by atoms with Crippen molar-refractivity contribution >= 4 is 24.5 Å². The minimum atomic E-state index is -3.44. The van der Waals surface area contributed by atoms with Crippen molar-refractivity contribution in [2.45, 2.75) is 46.1 Å². The van der Waals surface area contributed by atoms with Gasteiger partial charge >= 0.3 is 7.52 Å². The highest BCUT2D eigenvalue weighted by Crippen LogP contribution is 2.44. The number of para-hydroxylation sites is 1. The second-order valence-corrected chi connectivity index (χ2v) is 11.0. The highest BCUT2D eigenvalue weighted by molar-refractivity contribution is 7.57. The fourth-order valence-electron chi connectivity index (χ4n) is 3.82. The van der Waals surface area contributed by atoms with Gasteiger partial charge in [-0.15, -0.1) is 0 Å². The standard InChI is InChI=1S/C26H33N6O4P/c1-19-9-7-8-10-22(19)15-34-14-20(2)31-37(33,36-23-11-5-4-6-12-23)18-35-21(3)13-32-17-30-24-25(27)28-16-29-26(24)32/h4-12,16-17,20-21H,13-15,18H2,1-3H3,(H,31,33)(H2,27,28,29)/t20-,21+,37?/m0/s1. The fraction of sp³-hybridized carbons (Fsp3) is 0.346. The van der Waals surface area contributed by atoms with Crippen molar-refractivity contribution in [1.82, 2.24) is 24.6 Å². The lowest BCUT2D eigenvalue weighted by Gasteiger charge is -2.25. The van der Waals surface area contributed by atoms with E-state index < -0.39 is 7.52 Å². The van der Waals surface area contributed by atoms with Crippen molar-refractivity contribution in [2.75, 3.05) is 18.7 Å². The van der Waals surface area contributed by atoms with Gasteiger partial charge in [0, 0.05) is 6.04 Å². The monoisotopic (exact) mass is 524 g/mol. The normalized spacial score (nSPS) is 14.8. The zero-order chi connectivity index (χ0) is 26.3. The first kappa shape index (κ1) is 26.8. The van der Waals surface area contributed by atoms with E-state index in [0.717, 1.165) is 5.56 Å². The summed E-state index contributed by atoms with van der Waals surface area (Å²) >= 11 is 0. The van der Waals surface area contributed by atoms with Gasteiger partial charge in [0.2, 0.25) is 0 Å². The maximum atomic E-state index is 13.9. The summed E-state index contributed by atoms with van der Waals surface area (Å²) in [6.07, 6.45) is 2.60. The van der Waals surface area contributed by atoms with Gasteiger partial charge in [-0.25, -0.2) is 20.0 Å². The summed E-state index contributed by atoms with van der Waals surface area (Å²) in [7, 11) is -3.44. The first-order chi connectivity index (χ1) is 17.8. The Morgan fingerprint density at radius 1 is 1.05 bits per heavy atom. The van der Waals surface area contributed by atoms with Crippen LogP contribution in [0.2, 0.25) is 0 Å². The molecular weight excluding hydrogens is 491 g/mol. The van der Waals surface area contributed by atoms with Gasteiger partial charge < -0.3 is 24.3 Å². The Kier molecular flexibility index (Phi) is 8.89. The van der Waals surface area contributed by atoms with E-state index in [9.17, 15) is 4.57 Å². The van der Waals surface area contributed by atoms with E-state index in [1.165, 1.54) is 11.9 Å². The third kappa shape index (κ3) is 7.36. The van der Waals surface area contributed by atoms with Crippen LogP contribution >= 0.6 is 7.52 Å². The maximum absolute atomic E-state index is 13.9. The average Bonchev–Trinajstić information content (AvgIpc) is 3.28.